The Morgan fingerprint density at radius 3 is 3.00 bits per heavy atom. The van der Waals surface area contributed by atoms with E-state index in [1.54, 1.807) is 6.92 Å². The van der Waals surface area contributed by atoms with Gasteiger partial charge in [0.2, 0.25) is 0 Å². The highest BCUT2D eigenvalue weighted by Gasteiger charge is 2.19. The SMILES string of the molecule is CCNC(=O)c1noc(C(CN)OC)n1. The average Bonchev–Trinajstić information content (AvgIpc) is 2.69. The maximum absolute atomic E-state index is 11.3. The van der Waals surface area contributed by atoms with Crippen LogP contribution in [0.15, 0.2) is 4.52 Å². The van der Waals surface area contributed by atoms with E-state index in [0.29, 0.717) is 6.54 Å². The van der Waals surface area contributed by atoms with E-state index in [0.717, 1.165) is 0 Å². The summed E-state index contributed by atoms with van der Waals surface area (Å²) in [5, 5.41) is 6.07. The van der Waals surface area contributed by atoms with Gasteiger partial charge in [-0.1, -0.05) is 5.16 Å². The summed E-state index contributed by atoms with van der Waals surface area (Å²) in [6.07, 6.45) is -0.472. The summed E-state index contributed by atoms with van der Waals surface area (Å²) in [5.74, 6) is -0.178. The number of carbonyl (C=O) groups is 1. The van der Waals surface area contributed by atoms with Gasteiger partial charge in [-0.3, -0.25) is 4.79 Å². The van der Waals surface area contributed by atoms with E-state index < -0.39 is 6.10 Å². The predicted molar refractivity (Wildman–Crippen MR) is 51.1 cm³/mol. The van der Waals surface area contributed by atoms with Gasteiger partial charge in [0, 0.05) is 20.2 Å². The highest BCUT2D eigenvalue weighted by atomic mass is 16.5. The lowest BCUT2D eigenvalue weighted by atomic mass is 10.3. The Balaban J connectivity index is 2.75. The summed E-state index contributed by atoms with van der Waals surface area (Å²) in [4.78, 5) is 15.2. The Morgan fingerprint density at radius 1 is 1.73 bits per heavy atom. The maximum atomic E-state index is 11.3. The summed E-state index contributed by atoms with van der Waals surface area (Å²) < 4.78 is 9.83. The fourth-order valence-corrected chi connectivity index (χ4v) is 0.996. The standard InChI is InChI=1S/C8H14N4O3/c1-3-10-7(13)6-11-8(15-12-6)5(4-9)14-2/h5H,3-4,9H2,1-2H3,(H,10,13). The van der Waals surface area contributed by atoms with Crippen molar-refractivity contribution >= 4 is 5.91 Å². The predicted octanol–water partition coefficient (Wildman–Crippen LogP) is -0.534. The molecule has 0 saturated carbocycles. The monoisotopic (exact) mass is 214 g/mol. The van der Waals surface area contributed by atoms with Crippen molar-refractivity contribution in [2.24, 2.45) is 5.73 Å². The molecule has 3 N–H and O–H groups in total. The van der Waals surface area contributed by atoms with Gasteiger partial charge in [-0.2, -0.15) is 4.98 Å². The summed E-state index contributed by atoms with van der Waals surface area (Å²) in [7, 11) is 1.48. The van der Waals surface area contributed by atoms with Crippen LogP contribution in [0, 0.1) is 0 Å². The summed E-state index contributed by atoms with van der Waals surface area (Å²) >= 11 is 0. The largest absolute Gasteiger partial charge is 0.370 e. The molecule has 1 aromatic heterocycles. The molecule has 0 spiro atoms. The number of rotatable bonds is 5. The molecule has 0 aliphatic carbocycles. The zero-order valence-electron chi connectivity index (χ0n) is 8.69. The van der Waals surface area contributed by atoms with Crippen molar-refractivity contribution in [1.29, 1.82) is 0 Å². The van der Waals surface area contributed by atoms with Crippen LogP contribution in [-0.2, 0) is 4.74 Å². The Hall–Kier alpha value is -1.47. The van der Waals surface area contributed by atoms with E-state index in [2.05, 4.69) is 15.5 Å². The fourth-order valence-electron chi connectivity index (χ4n) is 0.996. The van der Waals surface area contributed by atoms with E-state index in [-0.39, 0.29) is 24.2 Å². The number of hydrogen-bond donors (Lipinski definition) is 2. The van der Waals surface area contributed by atoms with Gasteiger partial charge >= 0.3 is 0 Å². The molecule has 15 heavy (non-hydrogen) atoms. The lowest BCUT2D eigenvalue weighted by molar-refractivity contribution is 0.0803. The zero-order valence-corrected chi connectivity index (χ0v) is 8.69. The minimum atomic E-state index is -0.472. The normalized spacial score (nSPS) is 12.5. The van der Waals surface area contributed by atoms with Crippen LogP contribution in [0.2, 0.25) is 0 Å². The highest BCUT2D eigenvalue weighted by molar-refractivity contribution is 5.90. The van der Waals surface area contributed by atoms with Crippen LogP contribution in [0.1, 0.15) is 29.5 Å². The molecule has 0 radical (unpaired) electrons. The van der Waals surface area contributed by atoms with Crippen LogP contribution < -0.4 is 11.1 Å². The van der Waals surface area contributed by atoms with Crippen molar-refractivity contribution in [2.75, 3.05) is 20.2 Å². The van der Waals surface area contributed by atoms with E-state index in [1.807, 2.05) is 0 Å². The third-order valence-corrected chi connectivity index (χ3v) is 1.76. The molecule has 7 heteroatoms. The van der Waals surface area contributed by atoms with E-state index in [9.17, 15) is 4.79 Å². The van der Waals surface area contributed by atoms with Crippen LogP contribution in [0.5, 0.6) is 0 Å². The number of aromatic nitrogens is 2. The molecule has 1 rings (SSSR count). The molecule has 1 heterocycles. The molecule has 0 fully saturated rings. The minimum absolute atomic E-state index is 0.0117. The molecule has 0 saturated heterocycles. The first-order valence-corrected chi connectivity index (χ1v) is 4.57. The molecule has 0 bridgehead atoms. The van der Waals surface area contributed by atoms with Crippen molar-refractivity contribution < 1.29 is 14.1 Å². The van der Waals surface area contributed by atoms with E-state index in [1.165, 1.54) is 7.11 Å². The molecule has 1 aromatic rings. The lowest BCUT2D eigenvalue weighted by Gasteiger charge is -2.05. The Labute approximate surface area is 87.0 Å². The summed E-state index contributed by atoms with van der Waals surface area (Å²) in [6.45, 7) is 2.53. The van der Waals surface area contributed by atoms with Gasteiger partial charge < -0.3 is 20.3 Å². The van der Waals surface area contributed by atoms with Crippen LogP contribution in [0.3, 0.4) is 0 Å². The number of nitrogens with zero attached hydrogens (tertiary/aromatic N) is 2. The molecular formula is C8H14N4O3. The van der Waals surface area contributed by atoms with Crippen molar-refractivity contribution in [3.8, 4) is 0 Å². The second kappa shape index (κ2) is 5.42. The van der Waals surface area contributed by atoms with Crippen molar-refractivity contribution in [3.05, 3.63) is 11.7 Å². The smallest absolute Gasteiger partial charge is 0.292 e. The first-order chi connectivity index (χ1) is 7.22. The number of amides is 1. The third-order valence-electron chi connectivity index (χ3n) is 1.76. The lowest BCUT2D eigenvalue weighted by Crippen LogP contribution is -2.24. The van der Waals surface area contributed by atoms with Gasteiger partial charge in [0.05, 0.1) is 0 Å². The molecule has 0 aliphatic rings. The highest BCUT2D eigenvalue weighted by Crippen LogP contribution is 2.12. The topological polar surface area (TPSA) is 103 Å². The van der Waals surface area contributed by atoms with Crippen LogP contribution in [0.25, 0.3) is 0 Å². The Morgan fingerprint density at radius 2 is 2.47 bits per heavy atom. The van der Waals surface area contributed by atoms with Gasteiger partial charge in [-0.25, -0.2) is 0 Å². The van der Waals surface area contributed by atoms with Crippen LogP contribution in [0.4, 0.5) is 0 Å². The fraction of sp³-hybridized carbons (Fsp3) is 0.625. The molecule has 1 amide bonds. The first kappa shape index (κ1) is 11.6. The number of carbonyl (C=O) groups excluding carboxylic acids is 1. The summed E-state index contributed by atoms with van der Waals surface area (Å²) in [6, 6.07) is 0. The van der Waals surface area contributed by atoms with Crippen molar-refractivity contribution in [3.63, 3.8) is 0 Å². The first-order valence-electron chi connectivity index (χ1n) is 4.57. The number of nitrogens with one attached hydrogen (secondary N) is 1. The van der Waals surface area contributed by atoms with Crippen molar-refractivity contribution in [2.45, 2.75) is 13.0 Å². The number of ether oxygens (including phenoxy) is 1. The maximum Gasteiger partial charge on any atom is 0.292 e. The molecule has 0 aliphatic heterocycles. The minimum Gasteiger partial charge on any atom is -0.370 e. The van der Waals surface area contributed by atoms with E-state index >= 15 is 0 Å². The number of nitrogens with two attached hydrogens (primary N) is 1. The van der Waals surface area contributed by atoms with Gasteiger partial charge in [-0.05, 0) is 6.92 Å². The molecule has 7 nitrogen and oxygen atoms in total. The number of methoxy groups -OCH3 is 1. The van der Waals surface area contributed by atoms with E-state index in [4.69, 9.17) is 15.0 Å². The van der Waals surface area contributed by atoms with Crippen molar-refractivity contribution in [1.82, 2.24) is 15.5 Å². The quantitative estimate of drug-likeness (QED) is 0.682. The van der Waals surface area contributed by atoms with Gasteiger partial charge in [0.1, 0.15) is 6.10 Å². The average molecular weight is 214 g/mol. The molecule has 84 valence electrons. The van der Waals surface area contributed by atoms with Gasteiger partial charge in [0.15, 0.2) is 0 Å². The molecule has 1 unspecified atom stereocenters. The zero-order chi connectivity index (χ0) is 11.3. The van der Waals surface area contributed by atoms with Crippen LogP contribution in [-0.4, -0.2) is 36.2 Å². The van der Waals surface area contributed by atoms with Crippen LogP contribution >= 0.6 is 0 Å². The second-order valence-corrected chi connectivity index (χ2v) is 2.78. The Kier molecular flexibility index (Phi) is 4.19. The number of hydrogen-bond acceptors (Lipinski definition) is 6. The molecule has 1 atom stereocenters. The molecular weight excluding hydrogens is 200 g/mol. The summed E-state index contributed by atoms with van der Waals surface area (Å²) in [5.41, 5.74) is 5.41. The Bertz CT molecular complexity index is 321. The van der Waals surface area contributed by atoms with Gasteiger partial charge in [0.25, 0.3) is 17.6 Å². The second-order valence-electron chi connectivity index (χ2n) is 2.78. The van der Waals surface area contributed by atoms with Gasteiger partial charge in [-0.15, -0.1) is 0 Å². The third kappa shape index (κ3) is 2.74. The molecule has 0 aromatic carbocycles.